The van der Waals surface area contributed by atoms with Gasteiger partial charge in [0.2, 0.25) is 15.9 Å². The van der Waals surface area contributed by atoms with Crippen molar-refractivity contribution in [3.63, 3.8) is 0 Å². The number of carbonyl (C=O) groups excluding carboxylic acids is 1. The molecule has 1 N–H and O–H groups in total. The summed E-state index contributed by atoms with van der Waals surface area (Å²) in [5, 5.41) is 4.75. The van der Waals surface area contributed by atoms with E-state index in [1.807, 2.05) is 24.4 Å². The Bertz CT molecular complexity index is 754. The lowest BCUT2D eigenvalue weighted by atomic mass is 10.2. The van der Waals surface area contributed by atoms with Crippen LogP contribution >= 0.6 is 11.3 Å². The summed E-state index contributed by atoms with van der Waals surface area (Å²) in [4.78, 5) is 13.2. The Morgan fingerprint density at radius 3 is 2.54 bits per heavy atom. The molecule has 7 heteroatoms. The average molecular weight is 367 g/mol. The fourth-order valence-corrected chi connectivity index (χ4v) is 4.02. The lowest BCUT2D eigenvalue weighted by molar-refractivity contribution is -0.121. The normalized spacial score (nSPS) is 11.6. The van der Waals surface area contributed by atoms with Gasteiger partial charge in [-0.05, 0) is 36.9 Å². The molecule has 130 valence electrons. The average Bonchev–Trinajstić information content (AvgIpc) is 3.06. The van der Waals surface area contributed by atoms with Crippen LogP contribution in [0.5, 0.6) is 0 Å². The number of nitrogens with zero attached hydrogens (tertiary/aromatic N) is 1. The van der Waals surface area contributed by atoms with E-state index >= 15 is 0 Å². The highest BCUT2D eigenvalue weighted by Gasteiger charge is 2.20. The van der Waals surface area contributed by atoms with Crippen LogP contribution in [0, 0.1) is 6.92 Å². The van der Waals surface area contributed by atoms with Crippen molar-refractivity contribution >= 4 is 27.3 Å². The van der Waals surface area contributed by atoms with Gasteiger partial charge in [0, 0.05) is 31.4 Å². The number of amides is 1. The van der Waals surface area contributed by atoms with E-state index in [4.69, 9.17) is 0 Å². The summed E-state index contributed by atoms with van der Waals surface area (Å²) in [6.07, 6.45) is 1.12. The van der Waals surface area contributed by atoms with E-state index in [9.17, 15) is 13.2 Å². The van der Waals surface area contributed by atoms with Gasteiger partial charge in [0.15, 0.2) is 0 Å². The molecule has 0 saturated heterocycles. The molecule has 0 aliphatic carbocycles. The summed E-state index contributed by atoms with van der Waals surface area (Å²) in [7, 11) is -2.00. The molecule has 1 aromatic carbocycles. The molecule has 0 fully saturated rings. The Kier molecular flexibility index (Phi) is 6.53. The second-order valence-electron chi connectivity index (χ2n) is 5.57. The summed E-state index contributed by atoms with van der Waals surface area (Å²) in [5.74, 6) is -0.0652. The molecule has 0 aliphatic heterocycles. The molecule has 24 heavy (non-hydrogen) atoms. The van der Waals surface area contributed by atoms with Crippen LogP contribution in [0.2, 0.25) is 0 Å². The lowest BCUT2D eigenvalue weighted by Gasteiger charge is -2.17. The fraction of sp³-hybridized carbons (Fsp3) is 0.353. The molecule has 1 heterocycles. The number of hydrogen-bond acceptors (Lipinski definition) is 4. The van der Waals surface area contributed by atoms with Gasteiger partial charge in [-0.15, -0.1) is 11.3 Å². The van der Waals surface area contributed by atoms with Crippen molar-refractivity contribution < 1.29 is 13.2 Å². The lowest BCUT2D eigenvalue weighted by Crippen LogP contribution is -2.36. The quantitative estimate of drug-likeness (QED) is 0.780. The van der Waals surface area contributed by atoms with Crippen molar-refractivity contribution in [3.05, 3.63) is 52.2 Å². The van der Waals surface area contributed by atoms with Crippen LogP contribution in [0.3, 0.4) is 0 Å². The predicted octanol–water partition coefficient (Wildman–Crippen LogP) is 2.43. The van der Waals surface area contributed by atoms with Gasteiger partial charge < -0.3 is 5.32 Å². The minimum absolute atomic E-state index is 0.0652. The maximum absolute atomic E-state index is 12.4. The van der Waals surface area contributed by atoms with Gasteiger partial charge in [0.1, 0.15) is 0 Å². The van der Waals surface area contributed by atoms with Gasteiger partial charge in [-0.2, -0.15) is 4.31 Å². The number of nitrogens with one attached hydrogen (secondary N) is 1. The number of benzene rings is 1. The highest BCUT2D eigenvalue weighted by molar-refractivity contribution is 7.89. The third-order valence-electron chi connectivity index (χ3n) is 3.66. The SMILES string of the molecule is Cc1ccc(S(=O)(=O)N(C)CCNC(=O)CCc2cccs2)cc1. The van der Waals surface area contributed by atoms with E-state index in [0.717, 1.165) is 5.56 Å². The van der Waals surface area contributed by atoms with Crippen LogP contribution in [0.25, 0.3) is 0 Å². The van der Waals surface area contributed by atoms with Gasteiger partial charge in [-0.1, -0.05) is 23.8 Å². The van der Waals surface area contributed by atoms with E-state index in [2.05, 4.69) is 5.32 Å². The Labute approximate surface area is 147 Å². The Hall–Kier alpha value is -1.70. The van der Waals surface area contributed by atoms with Crippen LogP contribution < -0.4 is 5.32 Å². The summed E-state index contributed by atoms with van der Waals surface area (Å²) >= 11 is 1.63. The molecular formula is C17H22N2O3S2. The smallest absolute Gasteiger partial charge is 0.242 e. The van der Waals surface area contributed by atoms with Crippen LogP contribution in [-0.4, -0.2) is 38.8 Å². The molecule has 1 aromatic heterocycles. The molecule has 0 saturated carbocycles. The van der Waals surface area contributed by atoms with Crippen molar-refractivity contribution in [1.82, 2.24) is 9.62 Å². The minimum Gasteiger partial charge on any atom is -0.355 e. The zero-order valence-corrected chi connectivity index (χ0v) is 15.5. The monoisotopic (exact) mass is 366 g/mol. The number of thiophene rings is 1. The molecule has 5 nitrogen and oxygen atoms in total. The number of likely N-dealkylation sites (N-methyl/N-ethyl adjacent to an activating group) is 1. The number of aryl methyl sites for hydroxylation is 2. The zero-order valence-electron chi connectivity index (χ0n) is 13.9. The first-order valence-electron chi connectivity index (χ1n) is 7.71. The molecular weight excluding hydrogens is 344 g/mol. The molecule has 2 rings (SSSR count). The van der Waals surface area contributed by atoms with E-state index in [-0.39, 0.29) is 17.3 Å². The van der Waals surface area contributed by atoms with Crippen molar-refractivity contribution in [2.45, 2.75) is 24.7 Å². The van der Waals surface area contributed by atoms with Crippen molar-refractivity contribution in [1.29, 1.82) is 0 Å². The first-order chi connectivity index (χ1) is 11.4. The molecule has 2 aromatic rings. The highest BCUT2D eigenvalue weighted by atomic mass is 32.2. The second kappa shape index (κ2) is 8.41. The first kappa shape index (κ1) is 18.6. The van der Waals surface area contributed by atoms with Gasteiger partial charge in [0.25, 0.3) is 0 Å². The van der Waals surface area contributed by atoms with E-state index in [1.54, 1.807) is 35.6 Å². The topological polar surface area (TPSA) is 66.5 Å². The van der Waals surface area contributed by atoms with E-state index in [1.165, 1.54) is 16.2 Å². The Morgan fingerprint density at radius 2 is 1.92 bits per heavy atom. The molecule has 0 aliphatic rings. The fourth-order valence-electron chi connectivity index (χ4n) is 2.14. The van der Waals surface area contributed by atoms with E-state index in [0.29, 0.717) is 19.4 Å². The number of carbonyl (C=O) groups is 1. The van der Waals surface area contributed by atoms with Crippen molar-refractivity contribution in [2.24, 2.45) is 0 Å². The highest BCUT2D eigenvalue weighted by Crippen LogP contribution is 2.14. The molecule has 1 amide bonds. The van der Waals surface area contributed by atoms with Crippen molar-refractivity contribution in [2.75, 3.05) is 20.1 Å². The van der Waals surface area contributed by atoms with Gasteiger partial charge in [-0.3, -0.25) is 4.79 Å². The van der Waals surface area contributed by atoms with Crippen molar-refractivity contribution in [3.8, 4) is 0 Å². The van der Waals surface area contributed by atoms with Gasteiger partial charge in [0.05, 0.1) is 4.90 Å². The Balaban J connectivity index is 1.78. The third-order valence-corrected chi connectivity index (χ3v) is 6.46. The third kappa shape index (κ3) is 5.15. The number of hydrogen-bond donors (Lipinski definition) is 1. The van der Waals surface area contributed by atoms with Gasteiger partial charge in [-0.25, -0.2) is 8.42 Å². The van der Waals surface area contributed by atoms with Crippen LogP contribution in [0.4, 0.5) is 0 Å². The summed E-state index contributed by atoms with van der Waals surface area (Å²) in [6.45, 7) is 2.44. The first-order valence-corrected chi connectivity index (χ1v) is 10.0. The second-order valence-corrected chi connectivity index (χ2v) is 8.65. The standard InChI is InChI=1S/C17H22N2O3S2/c1-14-5-8-16(9-6-14)24(21,22)19(2)12-11-18-17(20)10-7-15-4-3-13-23-15/h3-6,8-9,13H,7,10-12H2,1-2H3,(H,18,20). The molecule has 0 atom stereocenters. The van der Waals surface area contributed by atoms with Crippen LogP contribution in [0.15, 0.2) is 46.7 Å². The summed E-state index contributed by atoms with van der Waals surface area (Å²) in [6, 6.07) is 10.7. The molecule has 0 radical (unpaired) electrons. The molecule has 0 unspecified atom stereocenters. The number of sulfonamides is 1. The molecule has 0 bridgehead atoms. The maximum Gasteiger partial charge on any atom is 0.242 e. The Morgan fingerprint density at radius 1 is 1.21 bits per heavy atom. The molecule has 0 spiro atoms. The largest absolute Gasteiger partial charge is 0.355 e. The van der Waals surface area contributed by atoms with Crippen LogP contribution in [-0.2, 0) is 21.2 Å². The van der Waals surface area contributed by atoms with Gasteiger partial charge >= 0.3 is 0 Å². The number of rotatable bonds is 8. The van der Waals surface area contributed by atoms with E-state index < -0.39 is 10.0 Å². The zero-order chi connectivity index (χ0) is 17.6. The summed E-state index contributed by atoms with van der Waals surface area (Å²) < 4.78 is 26.1. The maximum atomic E-state index is 12.4. The minimum atomic E-state index is -3.52. The van der Waals surface area contributed by atoms with Crippen LogP contribution in [0.1, 0.15) is 16.9 Å². The predicted molar refractivity (Wildman–Crippen MR) is 96.6 cm³/mol. The summed E-state index contributed by atoms with van der Waals surface area (Å²) in [5.41, 5.74) is 1.01.